The van der Waals surface area contributed by atoms with Crippen LogP contribution in [0.1, 0.15) is 16.3 Å². The van der Waals surface area contributed by atoms with Crippen molar-refractivity contribution in [1.82, 2.24) is 14.5 Å². The first-order chi connectivity index (χ1) is 11.6. The van der Waals surface area contributed by atoms with Gasteiger partial charge in [-0.3, -0.25) is 4.79 Å². The molecule has 0 aliphatic rings. The fourth-order valence-electron chi connectivity index (χ4n) is 2.17. The number of imidazole rings is 1. The maximum atomic E-state index is 12.2. The first kappa shape index (κ1) is 16.7. The molecule has 1 amide bonds. The van der Waals surface area contributed by atoms with E-state index in [9.17, 15) is 4.79 Å². The third-order valence-corrected chi connectivity index (χ3v) is 5.45. The van der Waals surface area contributed by atoms with E-state index in [-0.39, 0.29) is 5.91 Å². The molecule has 0 aliphatic heterocycles. The standard InChI is InChI=1S/C17H18N4OS2/c1-12-5-3-4-6-14(12)20-15(22)9-16-19-13(10-23-16)11-24-17-18-7-8-21(17)2/h3-8,10H,9,11H2,1-2H3,(H,20,22). The van der Waals surface area contributed by atoms with Crippen molar-refractivity contribution in [3.63, 3.8) is 0 Å². The average Bonchev–Trinajstić information content (AvgIpc) is 3.16. The predicted molar refractivity (Wildman–Crippen MR) is 98.4 cm³/mol. The van der Waals surface area contributed by atoms with Crippen LogP contribution in [0.2, 0.25) is 0 Å². The number of aryl methyl sites for hydroxylation is 2. The van der Waals surface area contributed by atoms with Crippen molar-refractivity contribution in [3.05, 3.63) is 58.3 Å². The maximum Gasteiger partial charge on any atom is 0.231 e. The van der Waals surface area contributed by atoms with E-state index in [1.807, 2.05) is 54.4 Å². The summed E-state index contributed by atoms with van der Waals surface area (Å²) in [6.07, 6.45) is 4.00. The van der Waals surface area contributed by atoms with E-state index < -0.39 is 0 Å². The number of hydrogen-bond donors (Lipinski definition) is 1. The number of hydrogen-bond acceptors (Lipinski definition) is 5. The molecule has 0 saturated heterocycles. The van der Waals surface area contributed by atoms with Crippen molar-refractivity contribution in [3.8, 4) is 0 Å². The third kappa shape index (κ3) is 4.24. The summed E-state index contributed by atoms with van der Waals surface area (Å²) < 4.78 is 1.98. The molecule has 0 saturated carbocycles. The van der Waals surface area contributed by atoms with Gasteiger partial charge < -0.3 is 9.88 Å². The zero-order valence-electron chi connectivity index (χ0n) is 13.5. The number of carbonyl (C=O) groups is 1. The summed E-state index contributed by atoms with van der Waals surface area (Å²) >= 11 is 3.16. The zero-order valence-corrected chi connectivity index (χ0v) is 15.2. The fourth-order valence-corrected chi connectivity index (χ4v) is 3.89. The quantitative estimate of drug-likeness (QED) is 0.683. The number of para-hydroxylation sites is 1. The van der Waals surface area contributed by atoms with Crippen LogP contribution in [-0.2, 0) is 24.0 Å². The lowest BCUT2D eigenvalue weighted by atomic mass is 10.2. The molecule has 3 aromatic rings. The van der Waals surface area contributed by atoms with E-state index in [0.29, 0.717) is 6.42 Å². The van der Waals surface area contributed by atoms with Crippen LogP contribution in [0.25, 0.3) is 0 Å². The number of nitrogens with zero attached hydrogens (tertiary/aromatic N) is 3. The molecular formula is C17H18N4OS2. The van der Waals surface area contributed by atoms with E-state index in [2.05, 4.69) is 15.3 Å². The molecule has 1 N–H and O–H groups in total. The van der Waals surface area contributed by atoms with Crippen LogP contribution in [0.15, 0.2) is 47.2 Å². The lowest BCUT2D eigenvalue weighted by Crippen LogP contribution is -2.15. The lowest BCUT2D eigenvalue weighted by Gasteiger charge is -2.06. The van der Waals surface area contributed by atoms with Crippen molar-refractivity contribution in [2.45, 2.75) is 24.3 Å². The zero-order chi connectivity index (χ0) is 16.9. The second-order valence-electron chi connectivity index (χ2n) is 5.38. The van der Waals surface area contributed by atoms with Crippen LogP contribution in [0, 0.1) is 6.92 Å². The van der Waals surface area contributed by atoms with E-state index >= 15 is 0 Å². The first-order valence-corrected chi connectivity index (χ1v) is 9.37. The molecule has 0 radical (unpaired) electrons. The van der Waals surface area contributed by atoms with Crippen LogP contribution in [0.5, 0.6) is 0 Å². The molecule has 124 valence electrons. The van der Waals surface area contributed by atoms with Crippen molar-refractivity contribution >= 4 is 34.7 Å². The highest BCUT2D eigenvalue weighted by atomic mass is 32.2. The Bertz CT molecular complexity index is 840. The summed E-state index contributed by atoms with van der Waals surface area (Å²) in [4.78, 5) is 21.0. The molecule has 0 bridgehead atoms. The fraction of sp³-hybridized carbons (Fsp3) is 0.235. The molecule has 0 spiro atoms. The molecule has 0 atom stereocenters. The van der Waals surface area contributed by atoms with Crippen LogP contribution in [0.4, 0.5) is 5.69 Å². The second-order valence-corrected chi connectivity index (χ2v) is 7.27. The highest BCUT2D eigenvalue weighted by molar-refractivity contribution is 7.98. The molecule has 1 aromatic carbocycles. The molecule has 2 heterocycles. The van der Waals surface area contributed by atoms with Gasteiger partial charge in [0.1, 0.15) is 5.01 Å². The number of nitrogens with one attached hydrogen (secondary N) is 1. The third-order valence-electron chi connectivity index (χ3n) is 3.46. The minimum Gasteiger partial charge on any atom is -0.329 e. The molecule has 24 heavy (non-hydrogen) atoms. The van der Waals surface area contributed by atoms with Gasteiger partial charge in [0.25, 0.3) is 0 Å². The average molecular weight is 358 g/mol. The van der Waals surface area contributed by atoms with Crippen LogP contribution in [0.3, 0.4) is 0 Å². The van der Waals surface area contributed by atoms with Crippen LogP contribution < -0.4 is 5.32 Å². The van der Waals surface area contributed by atoms with E-state index in [4.69, 9.17) is 0 Å². The molecule has 7 heteroatoms. The Balaban J connectivity index is 1.55. The summed E-state index contributed by atoms with van der Waals surface area (Å²) in [5.74, 6) is 0.711. The van der Waals surface area contributed by atoms with Crippen LogP contribution in [-0.4, -0.2) is 20.4 Å². The normalized spacial score (nSPS) is 10.8. The maximum absolute atomic E-state index is 12.2. The van der Waals surface area contributed by atoms with Gasteiger partial charge in [-0.15, -0.1) is 11.3 Å². The Labute approximate surface area is 149 Å². The lowest BCUT2D eigenvalue weighted by molar-refractivity contribution is -0.115. The van der Waals surface area contributed by atoms with Crippen molar-refractivity contribution in [2.24, 2.45) is 7.05 Å². The molecule has 3 rings (SSSR count). The number of aromatic nitrogens is 3. The SMILES string of the molecule is Cc1ccccc1NC(=O)Cc1nc(CSc2nccn2C)cs1. The number of rotatable bonds is 6. The van der Waals surface area contributed by atoms with Gasteiger partial charge in [-0.25, -0.2) is 9.97 Å². The number of thioether (sulfide) groups is 1. The smallest absolute Gasteiger partial charge is 0.231 e. The number of thiazole rings is 1. The number of amides is 1. The highest BCUT2D eigenvalue weighted by Gasteiger charge is 2.10. The van der Waals surface area contributed by atoms with Gasteiger partial charge in [-0.1, -0.05) is 30.0 Å². The van der Waals surface area contributed by atoms with E-state index in [0.717, 1.165) is 32.9 Å². The van der Waals surface area contributed by atoms with E-state index in [1.54, 1.807) is 18.0 Å². The Morgan fingerprint density at radius 2 is 2.21 bits per heavy atom. The number of carbonyl (C=O) groups excluding carboxylic acids is 1. The predicted octanol–water partition coefficient (Wildman–Crippen LogP) is 3.66. The molecule has 0 aliphatic carbocycles. The van der Waals surface area contributed by atoms with Gasteiger partial charge in [0.2, 0.25) is 5.91 Å². The minimum atomic E-state index is -0.0399. The van der Waals surface area contributed by atoms with E-state index in [1.165, 1.54) is 11.3 Å². The van der Waals surface area contributed by atoms with Crippen LogP contribution >= 0.6 is 23.1 Å². The topological polar surface area (TPSA) is 59.8 Å². The summed E-state index contributed by atoms with van der Waals surface area (Å²) in [7, 11) is 1.97. The second kappa shape index (κ2) is 7.63. The van der Waals surface area contributed by atoms with Gasteiger partial charge in [-0.05, 0) is 18.6 Å². The molecule has 2 aromatic heterocycles. The van der Waals surface area contributed by atoms with Crippen molar-refractivity contribution < 1.29 is 4.79 Å². The summed E-state index contributed by atoms with van der Waals surface area (Å²) in [5.41, 5.74) is 2.88. The van der Waals surface area contributed by atoms with Gasteiger partial charge in [-0.2, -0.15) is 0 Å². The minimum absolute atomic E-state index is 0.0399. The Morgan fingerprint density at radius 3 is 2.96 bits per heavy atom. The monoisotopic (exact) mass is 358 g/mol. The summed E-state index contributed by atoms with van der Waals surface area (Å²) in [6, 6.07) is 7.76. The molecule has 0 unspecified atom stereocenters. The molecular weight excluding hydrogens is 340 g/mol. The van der Waals surface area contributed by atoms with Gasteiger partial charge >= 0.3 is 0 Å². The van der Waals surface area contributed by atoms with Gasteiger partial charge in [0.05, 0.1) is 12.1 Å². The first-order valence-electron chi connectivity index (χ1n) is 7.50. The summed E-state index contributed by atoms with van der Waals surface area (Å²) in [5, 5.41) is 6.74. The highest BCUT2D eigenvalue weighted by Crippen LogP contribution is 2.22. The van der Waals surface area contributed by atoms with Crippen molar-refractivity contribution in [1.29, 1.82) is 0 Å². The largest absolute Gasteiger partial charge is 0.329 e. The Hall–Kier alpha value is -2.12. The van der Waals surface area contributed by atoms with Gasteiger partial charge in [0.15, 0.2) is 5.16 Å². The Morgan fingerprint density at radius 1 is 1.38 bits per heavy atom. The molecule has 5 nitrogen and oxygen atoms in total. The van der Waals surface area contributed by atoms with Gasteiger partial charge in [0, 0.05) is 36.3 Å². The summed E-state index contributed by atoms with van der Waals surface area (Å²) in [6.45, 7) is 1.98. The Kier molecular flexibility index (Phi) is 5.32. The van der Waals surface area contributed by atoms with Crippen molar-refractivity contribution in [2.75, 3.05) is 5.32 Å². The number of benzene rings is 1. The molecule has 0 fully saturated rings. The number of anilines is 1.